The molecule has 2 aromatic heterocycles. The lowest BCUT2D eigenvalue weighted by Crippen LogP contribution is -2.16. The highest BCUT2D eigenvalue weighted by atomic mass is 15.1. The van der Waals surface area contributed by atoms with Crippen molar-refractivity contribution in [3.8, 4) is 11.4 Å². The van der Waals surface area contributed by atoms with Crippen LogP contribution in [0.2, 0.25) is 0 Å². The zero-order valence-electron chi connectivity index (χ0n) is 10.7. The summed E-state index contributed by atoms with van der Waals surface area (Å²) in [5, 5.41) is 10.6. The number of aryl methyl sites for hydroxylation is 2. The summed E-state index contributed by atoms with van der Waals surface area (Å²) in [7, 11) is 0. The fourth-order valence-corrected chi connectivity index (χ4v) is 2.33. The number of nitrogens with one attached hydrogen (secondary N) is 2. The lowest BCUT2D eigenvalue weighted by atomic mass is 10.2. The van der Waals surface area contributed by atoms with Crippen molar-refractivity contribution in [2.24, 2.45) is 0 Å². The highest BCUT2D eigenvalue weighted by Gasteiger charge is 2.20. The number of nitrogens with zero attached hydrogens (tertiary/aromatic N) is 3. The molecule has 2 aromatic rings. The van der Waals surface area contributed by atoms with Crippen LogP contribution >= 0.6 is 0 Å². The number of hydrogen-bond acceptors (Lipinski definition) is 4. The van der Waals surface area contributed by atoms with Gasteiger partial charge in [-0.1, -0.05) is 0 Å². The van der Waals surface area contributed by atoms with Crippen LogP contribution in [0, 0.1) is 13.8 Å². The van der Waals surface area contributed by atoms with E-state index in [0.717, 1.165) is 41.6 Å². The summed E-state index contributed by atoms with van der Waals surface area (Å²) in [6, 6.07) is 4.28. The van der Waals surface area contributed by atoms with Gasteiger partial charge in [-0.3, -0.25) is 5.10 Å². The maximum atomic E-state index is 4.64. The van der Waals surface area contributed by atoms with Gasteiger partial charge in [0.1, 0.15) is 11.5 Å². The fraction of sp³-hybridized carbons (Fsp3) is 0.462. The number of hydrogen-bond donors (Lipinski definition) is 2. The number of aromatic amines is 1. The smallest absolute Gasteiger partial charge is 0.146 e. The quantitative estimate of drug-likeness (QED) is 0.845. The molecule has 1 aliphatic rings. The second kappa shape index (κ2) is 4.49. The second-order valence-corrected chi connectivity index (χ2v) is 4.84. The first-order valence-corrected chi connectivity index (χ1v) is 6.34. The standard InChI is InChI=1S/C13H17N5/c1-8-6-11(12-7-9(2)17-18-12)16-13(15-8)10-4-3-5-14-10/h6-7,10,14H,3-5H2,1-2H3,(H,17,18). The third kappa shape index (κ3) is 2.13. The molecule has 5 nitrogen and oxygen atoms in total. The minimum atomic E-state index is 0.295. The zero-order valence-corrected chi connectivity index (χ0v) is 10.7. The molecule has 1 atom stereocenters. The Morgan fingerprint density at radius 3 is 2.72 bits per heavy atom. The van der Waals surface area contributed by atoms with Crippen molar-refractivity contribution in [3.05, 3.63) is 29.3 Å². The first-order valence-electron chi connectivity index (χ1n) is 6.34. The van der Waals surface area contributed by atoms with Crippen LogP contribution in [-0.2, 0) is 0 Å². The van der Waals surface area contributed by atoms with E-state index in [0.29, 0.717) is 6.04 Å². The van der Waals surface area contributed by atoms with Crippen LogP contribution in [0.15, 0.2) is 12.1 Å². The molecule has 0 aromatic carbocycles. The average molecular weight is 243 g/mol. The summed E-state index contributed by atoms with van der Waals surface area (Å²) in [4.78, 5) is 9.18. The maximum absolute atomic E-state index is 4.64. The summed E-state index contributed by atoms with van der Waals surface area (Å²) in [6.07, 6.45) is 2.31. The van der Waals surface area contributed by atoms with Gasteiger partial charge in [0.05, 0.1) is 11.7 Å². The van der Waals surface area contributed by atoms with Crippen LogP contribution in [0.25, 0.3) is 11.4 Å². The van der Waals surface area contributed by atoms with Crippen molar-refractivity contribution in [1.29, 1.82) is 0 Å². The largest absolute Gasteiger partial charge is 0.307 e. The molecule has 1 aliphatic heterocycles. The first kappa shape index (κ1) is 11.3. The summed E-state index contributed by atoms with van der Waals surface area (Å²) in [6.45, 7) is 5.05. The lowest BCUT2D eigenvalue weighted by molar-refractivity contribution is 0.603. The number of H-pyrrole nitrogens is 1. The van der Waals surface area contributed by atoms with Crippen LogP contribution < -0.4 is 5.32 Å². The predicted molar refractivity (Wildman–Crippen MR) is 69.1 cm³/mol. The Morgan fingerprint density at radius 1 is 1.17 bits per heavy atom. The normalized spacial score (nSPS) is 19.3. The number of aromatic nitrogens is 4. The molecule has 0 bridgehead atoms. The molecule has 0 amide bonds. The van der Waals surface area contributed by atoms with E-state index >= 15 is 0 Å². The van der Waals surface area contributed by atoms with Crippen molar-refractivity contribution in [1.82, 2.24) is 25.5 Å². The molecule has 2 N–H and O–H groups in total. The molecule has 1 unspecified atom stereocenters. The Bertz CT molecular complexity index is 554. The average Bonchev–Trinajstić information content (AvgIpc) is 2.98. The van der Waals surface area contributed by atoms with Crippen LogP contribution in [0.5, 0.6) is 0 Å². The Balaban J connectivity index is 1.99. The van der Waals surface area contributed by atoms with E-state index in [1.807, 2.05) is 26.0 Å². The van der Waals surface area contributed by atoms with Crippen LogP contribution in [-0.4, -0.2) is 26.7 Å². The third-order valence-electron chi connectivity index (χ3n) is 3.21. The van der Waals surface area contributed by atoms with E-state index in [4.69, 9.17) is 0 Å². The lowest BCUT2D eigenvalue weighted by Gasteiger charge is -2.10. The van der Waals surface area contributed by atoms with Crippen molar-refractivity contribution >= 4 is 0 Å². The van der Waals surface area contributed by atoms with E-state index in [1.165, 1.54) is 6.42 Å². The van der Waals surface area contributed by atoms with Gasteiger partial charge in [0.2, 0.25) is 0 Å². The second-order valence-electron chi connectivity index (χ2n) is 4.84. The van der Waals surface area contributed by atoms with Gasteiger partial charge in [0.15, 0.2) is 0 Å². The van der Waals surface area contributed by atoms with Gasteiger partial charge in [-0.15, -0.1) is 0 Å². The van der Waals surface area contributed by atoms with Gasteiger partial charge < -0.3 is 5.32 Å². The summed E-state index contributed by atoms with van der Waals surface area (Å²) < 4.78 is 0. The van der Waals surface area contributed by atoms with Gasteiger partial charge in [0.25, 0.3) is 0 Å². The molecule has 0 radical (unpaired) electrons. The van der Waals surface area contributed by atoms with Crippen LogP contribution in [0.4, 0.5) is 0 Å². The van der Waals surface area contributed by atoms with Crippen molar-refractivity contribution in [3.63, 3.8) is 0 Å². The maximum Gasteiger partial charge on any atom is 0.146 e. The van der Waals surface area contributed by atoms with Crippen molar-refractivity contribution in [2.75, 3.05) is 6.54 Å². The number of rotatable bonds is 2. The molecule has 1 saturated heterocycles. The van der Waals surface area contributed by atoms with E-state index in [-0.39, 0.29) is 0 Å². The molecule has 0 spiro atoms. The SMILES string of the molecule is Cc1cc(-c2cc(C)[nH]n2)nc(C2CCCN2)n1. The third-order valence-corrected chi connectivity index (χ3v) is 3.21. The van der Waals surface area contributed by atoms with E-state index in [9.17, 15) is 0 Å². The van der Waals surface area contributed by atoms with E-state index in [2.05, 4.69) is 25.5 Å². The van der Waals surface area contributed by atoms with Gasteiger partial charge in [-0.25, -0.2) is 9.97 Å². The van der Waals surface area contributed by atoms with Gasteiger partial charge in [-0.05, 0) is 45.4 Å². The summed E-state index contributed by atoms with van der Waals surface area (Å²) >= 11 is 0. The van der Waals surface area contributed by atoms with Crippen molar-refractivity contribution < 1.29 is 0 Å². The first-order chi connectivity index (χ1) is 8.72. The molecule has 3 rings (SSSR count). The van der Waals surface area contributed by atoms with E-state index in [1.54, 1.807) is 0 Å². The monoisotopic (exact) mass is 243 g/mol. The molecule has 0 aliphatic carbocycles. The summed E-state index contributed by atoms with van der Waals surface area (Å²) in [5.41, 5.74) is 3.82. The molecular formula is C13H17N5. The fourth-order valence-electron chi connectivity index (χ4n) is 2.33. The Labute approximate surface area is 106 Å². The van der Waals surface area contributed by atoms with Gasteiger partial charge in [0, 0.05) is 11.4 Å². The molecule has 94 valence electrons. The van der Waals surface area contributed by atoms with Crippen molar-refractivity contribution in [2.45, 2.75) is 32.7 Å². The van der Waals surface area contributed by atoms with Crippen LogP contribution in [0.1, 0.15) is 36.1 Å². The van der Waals surface area contributed by atoms with Crippen LogP contribution in [0.3, 0.4) is 0 Å². The van der Waals surface area contributed by atoms with Gasteiger partial charge in [-0.2, -0.15) is 5.10 Å². The Hall–Kier alpha value is -1.75. The molecule has 3 heterocycles. The molecule has 18 heavy (non-hydrogen) atoms. The highest BCUT2D eigenvalue weighted by molar-refractivity contribution is 5.54. The minimum absolute atomic E-state index is 0.295. The molecule has 0 saturated carbocycles. The Morgan fingerprint density at radius 2 is 2.06 bits per heavy atom. The summed E-state index contributed by atoms with van der Waals surface area (Å²) in [5.74, 6) is 0.892. The Kier molecular flexibility index (Phi) is 2.83. The molecule has 1 fully saturated rings. The zero-order chi connectivity index (χ0) is 12.5. The molecular weight excluding hydrogens is 226 g/mol. The minimum Gasteiger partial charge on any atom is -0.307 e. The molecule has 5 heteroatoms. The topological polar surface area (TPSA) is 66.5 Å². The van der Waals surface area contributed by atoms with Gasteiger partial charge >= 0.3 is 0 Å². The van der Waals surface area contributed by atoms with E-state index < -0.39 is 0 Å². The highest BCUT2D eigenvalue weighted by Crippen LogP contribution is 2.23. The predicted octanol–water partition coefficient (Wildman–Crippen LogP) is 1.91.